The van der Waals surface area contributed by atoms with Crippen LogP contribution in [-0.4, -0.2) is 70.2 Å². The van der Waals surface area contributed by atoms with Crippen LogP contribution >= 0.6 is 0 Å². The molecule has 2 aromatic rings. The number of amides is 2. The Kier molecular flexibility index (Phi) is 5.06. The lowest BCUT2D eigenvalue weighted by atomic mass is 10.1. The van der Waals surface area contributed by atoms with Crippen LogP contribution < -0.4 is 5.32 Å². The van der Waals surface area contributed by atoms with Crippen LogP contribution in [-0.2, 0) is 17.6 Å². The third-order valence-electron chi connectivity index (χ3n) is 6.45. The molecule has 0 radical (unpaired) electrons. The number of carbonyl (C=O) groups excluding carboxylic acids is 2. The summed E-state index contributed by atoms with van der Waals surface area (Å²) in [5.41, 5.74) is 5.14. The Morgan fingerprint density at radius 1 is 1.10 bits per heavy atom. The van der Waals surface area contributed by atoms with Gasteiger partial charge in [0.1, 0.15) is 0 Å². The first-order valence-corrected chi connectivity index (χ1v) is 11.1. The Morgan fingerprint density at radius 3 is 2.60 bits per heavy atom. The SMILES string of the molecule is Cc1ccccc1-n1nc(C(=O)N2CCN(CC(=O)NC3CC3)CC2)c2c1CCC2. The monoisotopic (exact) mass is 407 g/mol. The van der Waals surface area contributed by atoms with E-state index in [1.807, 2.05) is 21.7 Å². The van der Waals surface area contributed by atoms with Crippen molar-refractivity contribution < 1.29 is 9.59 Å². The Bertz CT molecular complexity index is 970. The van der Waals surface area contributed by atoms with Crippen LogP contribution in [0.2, 0.25) is 0 Å². The van der Waals surface area contributed by atoms with Crippen LogP contribution in [0, 0.1) is 6.92 Å². The van der Waals surface area contributed by atoms with Crippen molar-refractivity contribution in [3.63, 3.8) is 0 Å². The van der Waals surface area contributed by atoms with E-state index in [9.17, 15) is 9.59 Å². The lowest BCUT2D eigenvalue weighted by Gasteiger charge is -2.34. The molecule has 1 N–H and O–H groups in total. The molecule has 3 aliphatic rings. The molecule has 0 spiro atoms. The fraction of sp³-hybridized carbons (Fsp3) is 0.522. The third kappa shape index (κ3) is 3.74. The molecule has 1 aliphatic heterocycles. The van der Waals surface area contributed by atoms with E-state index in [0.29, 0.717) is 31.4 Å². The van der Waals surface area contributed by atoms with Crippen molar-refractivity contribution in [2.45, 2.75) is 45.1 Å². The topological polar surface area (TPSA) is 70.5 Å². The van der Waals surface area contributed by atoms with Gasteiger partial charge in [-0.05, 0) is 50.7 Å². The van der Waals surface area contributed by atoms with Gasteiger partial charge in [-0.3, -0.25) is 14.5 Å². The van der Waals surface area contributed by atoms with E-state index < -0.39 is 0 Å². The van der Waals surface area contributed by atoms with Crippen molar-refractivity contribution in [1.29, 1.82) is 0 Å². The van der Waals surface area contributed by atoms with Crippen molar-refractivity contribution in [1.82, 2.24) is 24.9 Å². The summed E-state index contributed by atoms with van der Waals surface area (Å²) < 4.78 is 1.99. The highest BCUT2D eigenvalue weighted by Crippen LogP contribution is 2.29. The average Bonchev–Trinajstić information content (AvgIpc) is 3.29. The highest BCUT2D eigenvalue weighted by Gasteiger charge is 2.32. The molecule has 1 aromatic heterocycles. The number of fused-ring (bicyclic) bond motifs is 1. The number of para-hydroxylation sites is 1. The molecule has 0 bridgehead atoms. The lowest BCUT2D eigenvalue weighted by Crippen LogP contribution is -2.51. The molecule has 2 heterocycles. The molecular weight excluding hydrogens is 378 g/mol. The predicted molar refractivity (Wildman–Crippen MR) is 114 cm³/mol. The van der Waals surface area contributed by atoms with E-state index >= 15 is 0 Å². The largest absolute Gasteiger partial charge is 0.352 e. The summed E-state index contributed by atoms with van der Waals surface area (Å²) >= 11 is 0. The minimum atomic E-state index is 0.0302. The molecule has 158 valence electrons. The summed E-state index contributed by atoms with van der Waals surface area (Å²) in [7, 11) is 0. The number of piperazine rings is 1. The first-order valence-electron chi connectivity index (χ1n) is 11.1. The number of aromatic nitrogens is 2. The molecule has 30 heavy (non-hydrogen) atoms. The van der Waals surface area contributed by atoms with Crippen LogP contribution in [0.3, 0.4) is 0 Å². The van der Waals surface area contributed by atoms with E-state index in [-0.39, 0.29) is 11.8 Å². The van der Waals surface area contributed by atoms with Gasteiger partial charge in [-0.1, -0.05) is 18.2 Å². The molecule has 7 nitrogen and oxygen atoms in total. The second-order valence-electron chi connectivity index (χ2n) is 8.74. The fourth-order valence-electron chi connectivity index (χ4n) is 4.57. The van der Waals surface area contributed by atoms with Crippen LogP contribution in [0.15, 0.2) is 24.3 Å². The first kappa shape index (κ1) is 19.3. The summed E-state index contributed by atoms with van der Waals surface area (Å²) in [6, 6.07) is 8.59. The molecule has 1 saturated carbocycles. The van der Waals surface area contributed by atoms with Gasteiger partial charge in [-0.15, -0.1) is 0 Å². The number of benzene rings is 1. The molecule has 2 aliphatic carbocycles. The zero-order valence-corrected chi connectivity index (χ0v) is 17.6. The van der Waals surface area contributed by atoms with Crippen molar-refractivity contribution in [3.05, 3.63) is 46.8 Å². The maximum Gasteiger partial charge on any atom is 0.274 e. The quantitative estimate of drug-likeness (QED) is 0.819. The van der Waals surface area contributed by atoms with Gasteiger partial charge in [-0.2, -0.15) is 5.10 Å². The molecule has 5 rings (SSSR count). The van der Waals surface area contributed by atoms with E-state index in [2.05, 4.69) is 29.3 Å². The third-order valence-corrected chi connectivity index (χ3v) is 6.45. The van der Waals surface area contributed by atoms with Gasteiger partial charge < -0.3 is 10.2 Å². The van der Waals surface area contributed by atoms with E-state index in [1.54, 1.807) is 0 Å². The Hall–Kier alpha value is -2.67. The van der Waals surface area contributed by atoms with Crippen molar-refractivity contribution in [2.75, 3.05) is 32.7 Å². The van der Waals surface area contributed by atoms with Crippen molar-refractivity contribution in [2.24, 2.45) is 0 Å². The number of nitrogens with zero attached hydrogens (tertiary/aromatic N) is 4. The second kappa shape index (κ2) is 7.87. The van der Waals surface area contributed by atoms with Crippen molar-refractivity contribution in [3.8, 4) is 5.69 Å². The fourth-order valence-corrected chi connectivity index (χ4v) is 4.57. The zero-order valence-electron chi connectivity index (χ0n) is 17.6. The average molecular weight is 408 g/mol. The van der Waals surface area contributed by atoms with E-state index in [0.717, 1.165) is 62.0 Å². The van der Waals surface area contributed by atoms with E-state index in [4.69, 9.17) is 5.10 Å². The van der Waals surface area contributed by atoms with Gasteiger partial charge >= 0.3 is 0 Å². The maximum absolute atomic E-state index is 13.3. The zero-order chi connectivity index (χ0) is 20.7. The van der Waals surface area contributed by atoms with Gasteiger partial charge in [0.15, 0.2) is 5.69 Å². The molecule has 1 aromatic carbocycles. The highest BCUT2D eigenvalue weighted by atomic mass is 16.2. The number of carbonyl (C=O) groups is 2. The summed E-state index contributed by atoms with van der Waals surface area (Å²) in [6.45, 7) is 5.24. The van der Waals surface area contributed by atoms with Crippen molar-refractivity contribution >= 4 is 11.8 Å². The molecule has 1 saturated heterocycles. The van der Waals surface area contributed by atoms with Crippen LogP contribution in [0.1, 0.15) is 46.6 Å². The minimum Gasteiger partial charge on any atom is -0.352 e. The number of rotatable bonds is 5. The highest BCUT2D eigenvalue weighted by molar-refractivity contribution is 5.94. The first-order chi connectivity index (χ1) is 14.6. The molecule has 7 heteroatoms. The van der Waals surface area contributed by atoms with Gasteiger partial charge in [0.05, 0.1) is 12.2 Å². The minimum absolute atomic E-state index is 0.0302. The predicted octanol–water partition coefficient (Wildman–Crippen LogP) is 1.71. The van der Waals surface area contributed by atoms with Gasteiger partial charge in [0.25, 0.3) is 5.91 Å². The maximum atomic E-state index is 13.3. The van der Waals surface area contributed by atoms with Gasteiger partial charge in [0.2, 0.25) is 5.91 Å². The number of nitrogens with one attached hydrogen (secondary N) is 1. The second-order valence-corrected chi connectivity index (χ2v) is 8.74. The van der Waals surface area contributed by atoms with Gasteiger partial charge in [0, 0.05) is 43.5 Å². The smallest absolute Gasteiger partial charge is 0.274 e. The molecular formula is C23H29N5O2. The van der Waals surface area contributed by atoms with Gasteiger partial charge in [-0.25, -0.2) is 4.68 Å². The van der Waals surface area contributed by atoms with Crippen LogP contribution in [0.25, 0.3) is 5.69 Å². The molecule has 0 unspecified atom stereocenters. The van der Waals surface area contributed by atoms with E-state index in [1.165, 1.54) is 5.69 Å². The number of hydrogen-bond acceptors (Lipinski definition) is 4. The summed E-state index contributed by atoms with van der Waals surface area (Å²) in [4.78, 5) is 29.4. The molecule has 2 fully saturated rings. The van der Waals surface area contributed by atoms with Crippen LogP contribution in [0.5, 0.6) is 0 Å². The molecule has 0 atom stereocenters. The Balaban J connectivity index is 1.28. The standard InChI is InChI=1S/C23H29N5O2/c1-16-5-2-3-7-19(16)28-20-8-4-6-18(20)22(25-28)23(30)27-13-11-26(12-14-27)15-21(29)24-17-9-10-17/h2-3,5,7,17H,4,6,8-15H2,1H3,(H,24,29). The normalized spacial score (nSPS) is 19.0. The number of aryl methyl sites for hydroxylation is 1. The molecule has 2 amide bonds. The number of hydrogen-bond donors (Lipinski definition) is 1. The summed E-state index contributed by atoms with van der Waals surface area (Å²) in [6.07, 6.45) is 5.17. The summed E-state index contributed by atoms with van der Waals surface area (Å²) in [5, 5.41) is 7.83. The summed E-state index contributed by atoms with van der Waals surface area (Å²) in [5.74, 6) is 0.134. The van der Waals surface area contributed by atoms with Crippen LogP contribution in [0.4, 0.5) is 0 Å². The lowest BCUT2D eigenvalue weighted by molar-refractivity contribution is -0.122. The Labute approximate surface area is 177 Å². The Morgan fingerprint density at radius 2 is 1.87 bits per heavy atom.